The largest absolute Gasteiger partial charge is 0.497 e. The van der Waals surface area contributed by atoms with Crippen LogP contribution in [0.25, 0.3) is 10.8 Å². The second-order valence-corrected chi connectivity index (χ2v) is 9.38. The van der Waals surface area contributed by atoms with E-state index in [9.17, 15) is 4.79 Å². The first-order valence-electron chi connectivity index (χ1n) is 12.5. The number of carbonyl (C=O) groups is 1. The lowest BCUT2D eigenvalue weighted by molar-refractivity contribution is 0.0767. The van der Waals surface area contributed by atoms with E-state index in [1.54, 1.807) is 7.11 Å². The first kappa shape index (κ1) is 23.8. The third-order valence-electron chi connectivity index (χ3n) is 6.92. The molecule has 6 heteroatoms. The molecule has 1 aliphatic rings. The maximum absolute atomic E-state index is 13.4. The fourth-order valence-electron chi connectivity index (χ4n) is 4.97. The minimum atomic E-state index is 0.0936. The van der Waals surface area contributed by atoms with Crippen LogP contribution in [0.2, 0.25) is 0 Å². The molecule has 3 aromatic carbocycles. The molecule has 0 saturated carbocycles. The Bertz CT molecular complexity index is 1380. The maximum atomic E-state index is 13.4. The summed E-state index contributed by atoms with van der Waals surface area (Å²) in [6, 6.07) is 22.3. The summed E-state index contributed by atoms with van der Waals surface area (Å²) in [5.74, 6) is 2.70. The van der Waals surface area contributed by atoms with Crippen LogP contribution in [0.1, 0.15) is 39.4 Å². The van der Waals surface area contributed by atoms with Gasteiger partial charge in [-0.2, -0.15) is 0 Å². The minimum absolute atomic E-state index is 0.0936. The second kappa shape index (κ2) is 10.4. The molecule has 1 aromatic heterocycles. The molecular weight excluding hydrogens is 448 g/mol. The Kier molecular flexibility index (Phi) is 6.85. The molecule has 0 radical (unpaired) electrons. The number of ether oxygens (including phenoxy) is 1. The minimum Gasteiger partial charge on any atom is -0.497 e. The lowest BCUT2D eigenvalue weighted by Crippen LogP contribution is -2.35. The van der Waals surface area contributed by atoms with E-state index < -0.39 is 0 Å². The van der Waals surface area contributed by atoms with Crippen LogP contribution < -0.4 is 9.64 Å². The van der Waals surface area contributed by atoms with Crippen molar-refractivity contribution in [1.82, 2.24) is 14.9 Å². The van der Waals surface area contributed by atoms with Crippen molar-refractivity contribution in [3.63, 3.8) is 0 Å². The van der Waals surface area contributed by atoms with Gasteiger partial charge in [-0.15, -0.1) is 0 Å². The standard InChI is InChI=1S/C30H32N4O2/c1-21-28(19-23-9-13-27(36-3)14-10-23)29(32-22(2)31-21)33-15-6-16-34(18-17-33)30(35)26-12-11-24-7-4-5-8-25(24)20-26/h4-5,7-14,20H,6,15-19H2,1-3H3. The van der Waals surface area contributed by atoms with Crippen LogP contribution in [0, 0.1) is 13.8 Å². The molecule has 1 amide bonds. The molecule has 0 unspecified atom stereocenters. The number of amides is 1. The van der Waals surface area contributed by atoms with Crippen molar-refractivity contribution in [2.75, 3.05) is 38.2 Å². The highest BCUT2D eigenvalue weighted by Crippen LogP contribution is 2.26. The molecule has 2 heterocycles. The summed E-state index contributed by atoms with van der Waals surface area (Å²) >= 11 is 0. The van der Waals surface area contributed by atoms with Crippen molar-refractivity contribution >= 4 is 22.5 Å². The van der Waals surface area contributed by atoms with Gasteiger partial charge >= 0.3 is 0 Å². The number of fused-ring (bicyclic) bond motifs is 1. The number of methoxy groups -OCH3 is 1. The third kappa shape index (κ3) is 5.03. The Morgan fingerprint density at radius 2 is 1.67 bits per heavy atom. The number of carbonyl (C=O) groups excluding carboxylic acids is 1. The van der Waals surface area contributed by atoms with E-state index in [1.807, 2.05) is 54.3 Å². The molecular formula is C30H32N4O2. The zero-order valence-corrected chi connectivity index (χ0v) is 21.2. The normalized spacial score (nSPS) is 14.1. The molecule has 0 spiro atoms. The second-order valence-electron chi connectivity index (χ2n) is 9.38. The van der Waals surface area contributed by atoms with E-state index in [2.05, 4.69) is 41.1 Å². The van der Waals surface area contributed by atoms with E-state index >= 15 is 0 Å². The SMILES string of the molecule is COc1ccc(Cc2c(C)nc(C)nc2N2CCCN(C(=O)c3ccc4ccccc4c3)CC2)cc1. The number of hydrogen-bond acceptors (Lipinski definition) is 5. The first-order valence-corrected chi connectivity index (χ1v) is 12.5. The van der Waals surface area contributed by atoms with Crippen LogP contribution in [0.5, 0.6) is 5.75 Å². The fourth-order valence-corrected chi connectivity index (χ4v) is 4.97. The number of anilines is 1. The monoisotopic (exact) mass is 480 g/mol. The number of nitrogens with zero attached hydrogens (tertiary/aromatic N) is 4. The van der Waals surface area contributed by atoms with Gasteiger partial charge in [0.15, 0.2) is 0 Å². The van der Waals surface area contributed by atoms with Crippen molar-refractivity contribution in [3.05, 3.63) is 94.9 Å². The quantitative estimate of drug-likeness (QED) is 0.393. The highest BCUT2D eigenvalue weighted by Gasteiger charge is 2.24. The predicted molar refractivity (Wildman–Crippen MR) is 144 cm³/mol. The Hall–Kier alpha value is -3.93. The van der Waals surface area contributed by atoms with Crippen molar-refractivity contribution in [2.45, 2.75) is 26.7 Å². The Labute approximate surface area is 212 Å². The van der Waals surface area contributed by atoms with E-state index in [1.165, 1.54) is 5.56 Å². The van der Waals surface area contributed by atoms with E-state index in [4.69, 9.17) is 9.72 Å². The van der Waals surface area contributed by atoms with Crippen LogP contribution in [-0.4, -0.2) is 54.1 Å². The number of aromatic nitrogens is 2. The van der Waals surface area contributed by atoms with Crippen molar-refractivity contribution in [3.8, 4) is 5.75 Å². The third-order valence-corrected chi connectivity index (χ3v) is 6.92. The molecule has 0 aliphatic carbocycles. The molecule has 6 nitrogen and oxygen atoms in total. The zero-order chi connectivity index (χ0) is 25.1. The van der Waals surface area contributed by atoms with E-state index in [-0.39, 0.29) is 5.91 Å². The van der Waals surface area contributed by atoms with Crippen LogP contribution in [0.3, 0.4) is 0 Å². The molecule has 0 atom stereocenters. The zero-order valence-electron chi connectivity index (χ0n) is 21.2. The molecule has 184 valence electrons. The highest BCUT2D eigenvalue weighted by molar-refractivity contribution is 5.98. The van der Waals surface area contributed by atoms with Gasteiger partial charge in [0.05, 0.1) is 7.11 Å². The maximum Gasteiger partial charge on any atom is 0.253 e. The molecule has 0 N–H and O–H groups in total. The predicted octanol–water partition coefficient (Wildman–Crippen LogP) is 5.20. The summed E-state index contributed by atoms with van der Waals surface area (Å²) < 4.78 is 5.31. The lowest BCUT2D eigenvalue weighted by atomic mass is 10.0. The fraction of sp³-hybridized carbons (Fsp3) is 0.300. The van der Waals surface area contributed by atoms with Gasteiger partial charge in [0.25, 0.3) is 5.91 Å². The average Bonchev–Trinajstić information content (AvgIpc) is 3.16. The van der Waals surface area contributed by atoms with Gasteiger partial charge in [-0.05, 0) is 60.9 Å². The molecule has 1 saturated heterocycles. The van der Waals surface area contributed by atoms with Gasteiger partial charge in [-0.1, -0.05) is 42.5 Å². The van der Waals surface area contributed by atoms with Gasteiger partial charge in [0.2, 0.25) is 0 Å². The van der Waals surface area contributed by atoms with Gasteiger partial charge in [0, 0.05) is 49.4 Å². The Balaban J connectivity index is 1.36. The molecule has 4 aromatic rings. The molecule has 1 fully saturated rings. The van der Waals surface area contributed by atoms with E-state index in [0.717, 1.165) is 77.5 Å². The average molecular weight is 481 g/mol. The Morgan fingerprint density at radius 1 is 0.889 bits per heavy atom. The number of aryl methyl sites for hydroxylation is 2. The molecule has 36 heavy (non-hydrogen) atoms. The molecule has 5 rings (SSSR count). The van der Waals surface area contributed by atoms with Gasteiger partial charge in [-0.3, -0.25) is 4.79 Å². The summed E-state index contributed by atoms with van der Waals surface area (Å²) in [6.45, 7) is 7.00. The van der Waals surface area contributed by atoms with Crippen LogP contribution in [0.15, 0.2) is 66.7 Å². The summed E-state index contributed by atoms with van der Waals surface area (Å²) in [5, 5.41) is 2.24. The molecule has 0 bridgehead atoms. The topological polar surface area (TPSA) is 58.6 Å². The van der Waals surface area contributed by atoms with Crippen LogP contribution in [-0.2, 0) is 6.42 Å². The summed E-state index contributed by atoms with van der Waals surface area (Å²) in [6.07, 6.45) is 1.64. The van der Waals surface area contributed by atoms with E-state index in [0.29, 0.717) is 6.54 Å². The number of rotatable bonds is 5. The van der Waals surface area contributed by atoms with Crippen LogP contribution >= 0.6 is 0 Å². The number of benzene rings is 3. The summed E-state index contributed by atoms with van der Waals surface area (Å²) in [4.78, 5) is 27.2. The smallest absolute Gasteiger partial charge is 0.253 e. The van der Waals surface area contributed by atoms with Crippen molar-refractivity contribution in [2.24, 2.45) is 0 Å². The van der Waals surface area contributed by atoms with Gasteiger partial charge in [-0.25, -0.2) is 9.97 Å². The highest BCUT2D eigenvalue weighted by atomic mass is 16.5. The van der Waals surface area contributed by atoms with Crippen molar-refractivity contribution in [1.29, 1.82) is 0 Å². The lowest BCUT2D eigenvalue weighted by Gasteiger charge is -2.26. The Morgan fingerprint density at radius 3 is 2.44 bits per heavy atom. The molecule has 1 aliphatic heterocycles. The summed E-state index contributed by atoms with van der Waals surface area (Å²) in [5.41, 5.74) is 4.08. The number of hydrogen-bond donors (Lipinski definition) is 0. The van der Waals surface area contributed by atoms with Crippen molar-refractivity contribution < 1.29 is 9.53 Å². The van der Waals surface area contributed by atoms with Gasteiger partial charge < -0.3 is 14.5 Å². The van der Waals surface area contributed by atoms with Crippen LogP contribution in [0.4, 0.5) is 5.82 Å². The van der Waals surface area contributed by atoms with Gasteiger partial charge in [0.1, 0.15) is 17.4 Å². The first-order chi connectivity index (χ1) is 17.5. The summed E-state index contributed by atoms with van der Waals surface area (Å²) in [7, 11) is 1.68.